The van der Waals surface area contributed by atoms with Gasteiger partial charge in [0.2, 0.25) is 5.91 Å². The van der Waals surface area contributed by atoms with Gasteiger partial charge in [0, 0.05) is 12.6 Å². The van der Waals surface area contributed by atoms with Gasteiger partial charge in [-0.25, -0.2) is 0 Å². The first-order valence-electron chi connectivity index (χ1n) is 9.98. The lowest BCUT2D eigenvalue weighted by Crippen LogP contribution is -2.28. The predicted octanol–water partition coefficient (Wildman–Crippen LogP) is 5.87. The average molecular weight is 389 g/mol. The third kappa shape index (κ3) is 3.88. The van der Waals surface area contributed by atoms with Crippen LogP contribution in [0.3, 0.4) is 0 Å². The molecule has 2 amide bonds. The molecule has 0 spiro atoms. The summed E-state index contributed by atoms with van der Waals surface area (Å²) in [6.07, 6.45) is 0. The summed E-state index contributed by atoms with van der Waals surface area (Å²) in [4.78, 5) is 26.9. The molecule has 2 N–H and O–H groups in total. The third-order valence-electron chi connectivity index (χ3n) is 5.25. The van der Waals surface area contributed by atoms with E-state index in [0.29, 0.717) is 11.3 Å². The van der Waals surface area contributed by atoms with Crippen LogP contribution in [0.25, 0.3) is 10.8 Å². The molecule has 150 valence electrons. The number of amides is 2. The van der Waals surface area contributed by atoms with Crippen LogP contribution in [-0.2, 0) is 4.79 Å². The van der Waals surface area contributed by atoms with Crippen molar-refractivity contribution < 1.29 is 9.59 Å². The van der Waals surface area contributed by atoms with Crippen molar-refractivity contribution >= 4 is 34.0 Å². The van der Waals surface area contributed by atoms with Crippen molar-refractivity contribution in [1.29, 1.82) is 0 Å². The Kier molecular flexibility index (Phi) is 5.73. The monoisotopic (exact) mass is 388 g/mol. The zero-order chi connectivity index (χ0) is 21.3. The minimum atomic E-state index is -0.538. The van der Waals surface area contributed by atoms with Gasteiger partial charge in [-0.1, -0.05) is 64.1 Å². The summed E-state index contributed by atoms with van der Waals surface area (Å²) in [5.74, 6) is -0.336. The largest absolute Gasteiger partial charge is 0.366 e. The van der Waals surface area contributed by atoms with Gasteiger partial charge >= 0.3 is 0 Å². The second-order valence-corrected chi connectivity index (χ2v) is 8.02. The lowest BCUT2D eigenvalue weighted by atomic mass is 9.86. The van der Waals surface area contributed by atoms with Crippen molar-refractivity contribution in [2.75, 3.05) is 4.90 Å². The maximum atomic E-state index is 12.9. The number of primary amides is 1. The smallest absolute Gasteiger partial charge is 0.250 e. The second kappa shape index (κ2) is 8.08. The molecular weight excluding hydrogens is 360 g/mol. The highest BCUT2D eigenvalue weighted by molar-refractivity contribution is 6.09. The maximum absolute atomic E-state index is 12.9. The summed E-state index contributed by atoms with van der Waals surface area (Å²) >= 11 is 0. The van der Waals surface area contributed by atoms with Gasteiger partial charge in [0.05, 0.1) is 11.3 Å². The lowest BCUT2D eigenvalue weighted by molar-refractivity contribution is -0.115. The minimum absolute atomic E-state index is 0.115. The quantitative estimate of drug-likeness (QED) is 0.594. The number of nitrogens with two attached hydrogens (primary N) is 1. The van der Waals surface area contributed by atoms with Gasteiger partial charge in [-0.15, -0.1) is 0 Å². The van der Waals surface area contributed by atoms with E-state index < -0.39 is 5.91 Å². The Balaban J connectivity index is 2.37. The van der Waals surface area contributed by atoms with Gasteiger partial charge in [0.15, 0.2) is 0 Å². The number of carbonyl (C=O) groups is 2. The minimum Gasteiger partial charge on any atom is -0.366 e. The number of benzene rings is 3. The molecule has 0 aliphatic carbocycles. The number of hydrogen-bond acceptors (Lipinski definition) is 2. The van der Waals surface area contributed by atoms with Crippen LogP contribution in [0.5, 0.6) is 0 Å². The Bertz CT molecular complexity index is 1080. The summed E-state index contributed by atoms with van der Waals surface area (Å²) in [6.45, 7) is 9.90. The van der Waals surface area contributed by atoms with Gasteiger partial charge in [-0.2, -0.15) is 0 Å². The van der Waals surface area contributed by atoms with Gasteiger partial charge in [-0.3, -0.25) is 14.5 Å². The first kappa shape index (κ1) is 20.6. The molecule has 3 aromatic carbocycles. The Hall–Kier alpha value is -3.14. The molecule has 0 aliphatic heterocycles. The highest BCUT2D eigenvalue weighted by Gasteiger charge is 2.27. The first-order valence-corrected chi connectivity index (χ1v) is 9.98. The van der Waals surface area contributed by atoms with Crippen LogP contribution in [0, 0.1) is 0 Å². The number of hydrogen-bond donors (Lipinski definition) is 1. The summed E-state index contributed by atoms with van der Waals surface area (Å²) in [6, 6.07) is 17.6. The molecule has 0 saturated carbocycles. The van der Waals surface area contributed by atoms with Crippen LogP contribution in [0.15, 0.2) is 54.6 Å². The molecule has 0 heterocycles. The fourth-order valence-corrected chi connectivity index (χ4v) is 3.96. The highest BCUT2D eigenvalue weighted by atomic mass is 16.2. The van der Waals surface area contributed by atoms with Crippen LogP contribution in [0.1, 0.15) is 67.9 Å². The Morgan fingerprint density at radius 2 is 1.52 bits per heavy atom. The molecule has 4 nitrogen and oxygen atoms in total. The predicted molar refractivity (Wildman–Crippen MR) is 120 cm³/mol. The summed E-state index contributed by atoms with van der Waals surface area (Å²) in [7, 11) is 0. The fourth-order valence-electron chi connectivity index (χ4n) is 3.96. The molecular formula is C25H28N2O2. The topological polar surface area (TPSA) is 63.4 Å². The van der Waals surface area contributed by atoms with E-state index in [2.05, 4.69) is 27.7 Å². The van der Waals surface area contributed by atoms with E-state index in [9.17, 15) is 9.59 Å². The van der Waals surface area contributed by atoms with Crippen LogP contribution in [-0.4, -0.2) is 11.8 Å². The van der Waals surface area contributed by atoms with E-state index in [1.54, 1.807) is 11.0 Å². The molecule has 0 bridgehead atoms. The zero-order valence-corrected chi connectivity index (χ0v) is 17.7. The van der Waals surface area contributed by atoms with E-state index in [4.69, 9.17) is 5.73 Å². The second-order valence-electron chi connectivity index (χ2n) is 8.02. The number of rotatable bonds is 5. The number of carbonyl (C=O) groups excluding carboxylic acids is 2. The molecule has 0 unspecified atom stereocenters. The standard InChI is InChI=1S/C25H28N2O2/c1-15(2)21-12-13-22(25(26)29)24(23(21)16(3)4)27(17(5)28)20-11-10-18-8-6-7-9-19(18)14-20/h6-16H,1-5H3,(H2,26,29). The molecule has 0 atom stereocenters. The van der Waals surface area contributed by atoms with Gasteiger partial charge < -0.3 is 5.73 Å². The molecule has 29 heavy (non-hydrogen) atoms. The summed E-state index contributed by atoms with van der Waals surface area (Å²) in [5.41, 5.74) is 9.53. The van der Waals surface area contributed by atoms with E-state index in [1.807, 2.05) is 48.5 Å². The Morgan fingerprint density at radius 1 is 0.862 bits per heavy atom. The van der Waals surface area contributed by atoms with Gasteiger partial charge in [0.25, 0.3) is 5.91 Å². The number of fused-ring (bicyclic) bond motifs is 1. The SMILES string of the molecule is CC(=O)N(c1ccc2ccccc2c1)c1c(C(N)=O)ccc(C(C)C)c1C(C)C. The molecule has 3 rings (SSSR count). The molecule has 0 fully saturated rings. The fraction of sp³-hybridized carbons (Fsp3) is 0.280. The number of anilines is 2. The van der Waals surface area contributed by atoms with Crippen LogP contribution in [0.4, 0.5) is 11.4 Å². The molecule has 3 aromatic rings. The first-order chi connectivity index (χ1) is 13.7. The third-order valence-corrected chi connectivity index (χ3v) is 5.25. The average Bonchev–Trinajstić information content (AvgIpc) is 2.66. The highest BCUT2D eigenvalue weighted by Crippen LogP contribution is 2.41. The van der Waals surface area contributed by atoms with Crippen molar-refractivity contribution in [3.63, 3.8) is 0 Å². The summed E-state index contributed by atoms with van der Waals surface area (Å²) in [5, 5.41) is 2.12. The number of nitrogens with zero attached hydrogens (tertiary/aromatic N) is 1. The normalized spacial score (nSPS) is 11.3. The molecule has 4 heteroatoms. The van der Waals surface area contributed by atoms with Crippen molar-refractivity contribution in [2.45, 2.75) is 46.5 Å². The van der Waals surface area contributed by atoms with E-state index in [1.165, 1.54) is 6.92 Å². The zero-order valence-electron chi connectivity index (χ0n) is 17.7. The van der Waals surface area contributed by atoms with E-state index in [-0.39, 0.29) is 17.7 Å². The lowest BCUT2D eigenvalue weighted by Gasteiger charge is -2.30. The van der Waals surface area contributed by atoms with Crippen LogP contribution >= 0.6 is 0 Å². The molecule has 0 saturated heterocycles. The van der Waals surface area contributed by atoms with E-state index in [0.717, 1.165) is 27.6 Å². The molecule has 0 radical (unpaired) electrons. The van der Waals surface area contributed by atoms with Crippen molar-refractivity contribution in [1.82, 2.24) is 0 Å². The summed E-state index contributed by atoms with van der Waals surface area (Å²) < 4.78 is 0. The Labute approximate surface area is 172 Å². The van der Waals surface area contributed by atoms with Crippen molar-refractivity contribution in [2.24, 2.45) is 5.73 Å². The van der Waals surface area contributed by atoms with Crippen molar-refractivity contribution in [3.8, 4) is 0 Å². The van der Waals surface area contributed by atoms with Gasteiger partial charge in [0.1, 0.15) is 0 Å². The van der Waals surface area contributed by atoms with Gasteiger partial charge in [-0.05, 0) is 51.9 Å². The van der Waals surface area contributed by atoms with Crippen LogP contribution < -0.4 is 10.6 Å². The molecule has 0 aromatic heterocycles. The maximum Gasteiger partial charge on any atom is 0.250 e. The Morgan fingerprint density at radius 3 is 2.07 bits per heavy atom. The van der Waals surface area contributed by atoms with Crippen LogP contribution in [0.2, 0.25) is 0 Å². The van der Waals surface area contributed by atoms with E-state index >= 15 is 0 Å². The van der Waals surface area contributed by atoms with Crippen molar-refractivity contribution in [3.05, 3.63) is 71.3 Å². The molecule has 0 aliphatic rings.